The first kappa shape index (κ1) is 45.0. The monoisotopic (exact) mass is 734 g/mol. The fraction of sp³-hybridized carbons (Fsp3) is 0.643. The van der Waals surface area contributed by atoms with E-state index < -0.39 is 133 Å². The quantitative estimate of drug-likeness (QED) is 0.0441. The lowest BCUT2D eigenvalue weighted by Gasteiger charge is -2.26. The molecule has 0 saturated carbocycles. The van der Waals surface area contributed by atoms with Crippen LogP contribution in [-0.2, 0) is 47.9 Å². The van der Waals surface area contributed by atoms with Crippen LogP contribution in [0.1, 0.15) is 59.8 Å². The fourth-order valence-corrected chi connectivity index (χ4v) is 4.27. The minimum absolute atomic E-state index is 0.114. The Bertz CT molecular complexity index is 1300. The van der Waals surface area contributed by atoms with Gasteiger partial charge in [-0.2, -0.15) is 12.6 Å². The van der Waals surface area contributed by atoms with Gasteiger partial charge in [-0.25, -0.2) is 0 Å². The van der Waals surface area contributed by atoms with E-state index in [-0.39, 0.29) is 12.3 Å². The predicted octanol–water partition coefficient (Wildman–Crippen LogP) is -4.46. The van der Waals surface area contributed by atoms with Crippen molar-refractivity contribution in [2.75, 3.05) is 5.75 Å². The van der Waals surface area contributed by atoms with Crippen molar-refractivity contribution in [3.05, 3.63) is 0 Å². The van der Waals surface area contributed by atoms with Gasteiger partial charge in [0.1, 0.15) is 36.3 Å². The third-order valence-electron chi connectivity index (χ3n) is 6.65. The Hall–Kier alpha value is -4.99. The van der Waals surface area contributed by atoms with Crippen LogP contribution in [0.4, 0.5) is 0 Å². The van der Waals surface area contributed by atoms with Crippen molar-refractivity contribution < 1.29 is 63.3 Å². The highest BCUT2D eigenvalue weighted by molar-refractivity contribution is 7.80. The molecule has 7 atom stereocenters. The summed E-state index contributed by atoms with van der Waals surface area (Å²) in [6.07, 6.45) is -2.87. The average molecular weight is 735 g/mol. The van der Waals surface area contributed by atoms with E-state index in [2.05, 4.69) is 39.2 Å². The summed E-state index contributed by atoms with van der Waals surface area (Å²) in [6, 6.07) is -10.1. The van der Waals surface area contributed by atoms with E-state index in [1.807, 2.05) is 5.32 Å². The molecular weight excluding hydrogens is 688 g/mol. The number of hydrogen-bond donors (Lipinski definition) is 12. The Labute approximate surface area is 292 Å². The Morgan fingerprint density at radius 3 is 1.44 bits per heavy atom. The van der Waals surface area contributed by atoms with Crippen LogP contribution in [0.2, 0.25) is 0 Å². The molecule has 13 N–H and O–H groups in total. The van der Waals surface area contributed by atoms with Gasteiger partial charge in [0.25, 0.3) is 0 Å². The Kier molecular flexibility index (Phi) is 19.7. The molecule has 0 aliphatic carbocycles. The number of nitrogens with one attached hydrogen (secondary N) is 6. The molecule has 0 aromatic heterocycles. The van der Waals surface area contributed by atoms with Gasteiger partial charge >= 0.3 is 17.9 Å². The molecule has 0 spiro atoms. The van der Waals surface area contributed by atoms with E-state index in [1.54, 1.807) is 13.8 Å². The molecule has 22 heteroatoms. The summed E-state index contributed by atoms with van der Waals surface area (Å²) in [5.41, 5.74) is 10.7. The first-order chi connectivity index (χ1) is 23.1. The molecule has 0 heterocycles. The van der Waals surface area contributed by atoms with E-state index >= 15 is 0 Å². The summed E-state index contributed by atoms with van der Waals surface area (Å²) < 4.78 is 0. The van der Waals surface area contributed by atoms with E-state index in [0.29, 0.717) is 0 Å². The second-order valence-electron chi connectivity index (χ2n) is 11.7. The summed E-state index contributed by atoms with van der Waals surface area (Å²) in [6.45, 7) is 6.06. The minimum atomic E-state index is -1.71. The van der Waals surface area contributed by atoms with Gasteiger partial charge in [0.05, 0.1) is 18.9 Å². The van der Waals surface area contributed by atoms with Gasteiger partial charge < -0.3 is 58.7 Å². The van der Waals surface area contributed by atoms with Crippen LogP contribution in [-0.4, -0.2) is 123 Å². The van der Waals surface area contributed by atoms with Gasteiger partial charge in [-0.15, -0.1) is 0 Å². The Balaban J connectivity index is 5.77. The number of carboxylic acids is 3. The van der Waals surface area contributed by atoms with E-state index in [0.717, 1.165) is 0 Å². The van der Waals surface area contributed by atoms with Crippen LogP contribution >= 0.6 is 12.6 Å². The second-order valence-corrected chi connectivity index (χ2v) is 12.0. The van der Waals surface area contributed by atoms with Crippen LogP contribution in [0.15, 0.2) is 0 Å². The Morgan fingerprint density at radius 1 is 0.560 bits per heavy atom. The van der Waals surface area contributed by atoms with Crippen molar-refractivity contribution in [2.45, 2.75) is 102 Å². The van der Waals surface area contributed by atoms with Gasteiger partial charge in [0, 0.05) is 12.2 Å². The summed E-state index contributed by atoms with van der Waals surface area (Å²) in [5.74, 6) is -11.9. The summed E-state index contributed by atoms with van der Waals surface area (Å²) in [7, 11) is 0. The van der Waals surface area contributed by atoms with Crippen LogP contribution < -0.4 is 43.4 Å². The number of carbonyl (C=O) groups is 10. The van der Waals surface area contributed by atoms with Crippen molar-refractivity contribution in [2.24, 2.45) is 17.4 Å². The molecule has 0 aliphatic heterocycles. The van der Waals surface area contributed by atoms with E-state index in [4.69, 9.17) is 21.7 Å². The van der Waals surface area contributed by atoms with Gasteiger partial charge in [0.2, 0.25) is 41.4 Å². The fourth-order valence-electron chi connectivity index (χ4n) is 4.01. The van der Waals surface area contributed by atoms with E-state index in [9.17, 15) is 53.1 Å². The van der Waals surface area contributed by atoms with Gasteiger partial charge in [0.15, 0.2) is 0 Å². The molecular formula is C28H46N8O13S. The minimum Gasteiger partial charge on any atom is -0.481 e. The van der Waals surface area contributed by atoms with Gasteiger partial charge in [-0.05, 0) is 32.6 Å². The molecule has 0 saturated heterocycles. The number of primary amides is 1. The number of carboxylic acid groups (broad SMARTS) is 3. The number of aliphatic carboxylic acids is 3. The molecule has 0 unspecified atom stereocenters. The topological polar surface area (TPSA) is 356 Å². The SMILES string of the molecule is CC(C)C[C@H](NC(=O)[C@@H](C)N)C(=O)N[C@H](CC(=O)O)C(=O)N[C@@H](C)C(=O)N[C@@H](CS)C(=O)N[C@H](CCC(=O)O)C(=O)N[C@@H](CC(=O)O)C(N)=O. The van der Waals surface area contributed by atoms with Crippen molar-refractivity contribution in [1.82, 2.24) is 31.9 Å². The van der Waals surface area contributed by atoms with Crippen molar-refractivity contribution in [1.29, 1.82) is 0 Å². The lowest BCUT2D eigenvalue weighted by atomic mass is 10.0. The smallest absolute Gasteiger partial charge is 0.305 e. The highest BCUT2D eigenvalue weighted by Gasteiger charge is 2.33. The van der Waals surface area contributed by atoms with Crippen molar-refractivity contribution in [3.8, 4) is 0 Å². The zero-order valence-electron chi connectivity index (χ0n) is 27.9. The maximum atomic E-state index is 13.0. The molecule has 50 heavy (non-hydrogen) atoms. The van der Waals surface area contributed by atoms with Crippen LogP contribution in [0.5, 0.6) is 0 Å². The molecule has 0 fully saturated rings. The molecule has 0 aromatic rings. The Morgan fingerprint density at radius 2 is 0.980 bits per heavy atom. The molecule has 0 rings (SSSR count). The molecule has 0 bridgehead atoms. The van der Waals surface area contributed by atoms with E-state index in [1.165, 1.54) is 13.8 Å². The highest BCUT2D eigenvalue weighted by atomic mass is 32.1. The third-order valence-corrected chi connectivity index (χ3v) is 7.02. The first-order valence-corrected chi connectivity index (χ1v) is 15.9. The molecule has 282 valence electrons. The molecule has 0 aromatic carbocycles. The number of amides is 7. The normalized spacial score (nSPS) is 15.0. The zero-order valence-corrected chi connectivity index (χ0v) is 28.8. The number of hydrogen-bond acceptors (Lipinski definition) is 12. The van der Waals surface area contributed by atoms with Gasteiger partial charge in [-0.1, -0.05) is 13.8 Å². The molecule has 21 nitrogen and oxygen atoms in total. The highest BCUT2D eigenvalue weighted by Crippen LogP contribution is 2.07. The van der Waals surface area contributed by atoms with Crippen molar-refractivity contribution in [3.63, 3.8) is 0 Å². The number of rotatable bonds is 23. The van der Waals surface area contributed by atoms with Crippen LogP contribution in [0, 0.1) is 5.92 Å². The zero-order chi connectivity index (χ0) is 38.9. The number of thiol groups is 1. The lowest BCUT2D eigenvalue weighted by molar-refractivity contribution is -0.141. The standard InChI is InChI=1S/C28H46N8O13S/c1-11(2)7-16(34-23(44)12(3)29)27(48)35-17(9-21(41)42)26(47)31-13(4)24(45)36-18(10-50)28(49)32-14(5-6-19(37)38)25(46)33-15(22(30)43)8-20(39)40/h11-18,50H,5-10,29H2,1-4H3,(H2,30,43)(H,31,47)(H,32,49)(H,33,46)(H,34,44)(H,35,48)(H,36,45)(H,37,38)(H,39,40)(H,41,42)/t12-,13+,14-,15+,16+,17-,18+/m1/s1. The second kappa shape index (κ2) is 21.9. The molecule has 0 radical (unpaired) electrons. The maximum absolute atomic E-state index is 13.0. The number of carbonyl (C=O) groups excluding carboxylic acids is 7. The largest absolute Gasteiger partial charge is 0.481 e. The number of nitrogens with two attached hydrogens (primary N) is 2. The summed E-state index contributed by atoms with van der Waals surface area (Å²) >= 11 is 4.00. The lowest BCUT2D eigenvalue weighted by Crippen LogP contribution is -2.60. The maximum Gasteiger partial charge on any atom is 0.305 e. The first-order valence-electron chi connectivity index (χ1n) is 15.2. The summed E-state index contributed by atoms with van der Waals surface area (Å²) in [4.78, 5) is 122. The van der Waals surface area contributed by atoms with Crippen LogP contribution in [0.25, 0.3) is 0 Å². The third kappa shape index (κ3) is 17.4. The summed E-state index contributed by atoms with van der Waals surface area (Å²) in [5, 5.41) is 40.7. The van der Waals surface area contributed by atoms with Gasteiger partial charge in [-0.3, -0.25) is 47.9 Å². The van der Waals surface area contributed by atoms with Crippen molar-refractivity contribution >= 4 is 71.9 Å². The molecule has 7 amide bonds. The van der Waals surface area contributed by atoms with Crippen LogP contribution in [0.3, 0.4) is 0 Å². The molecule has 0 aliphatic rings. The average Bonchev–Trinajstić information content (AvgIpc) is 2.99. The predicted molar refractivity (Wildman–Crippen MR) is 175 cm³/mol.